The molecule has 0 unspecified atom stereocenters. The maximum atomic E-state index is 6.24. The molecule has 4 rings (SSSR count). The second-order valence-electron chi connectivity index (χ2n) is 8.94. The Bertz CT molecular complexity index is 1120. The van der Waals surface area contributed by atoms with Crippen molar-refractivity contribution < 1.29 is 9.47 Å². The van der Waals surface area contributed by atoms with Crippen LogP contribution >= 0.6 is 31.9 Å². The fourth-order valence-electron chi connectivity index (χ4n) is 4.53. The fourth-order valence-corrected chi connectivity index (χ4v) is 5.33. The molecule has 0 spiro atoms. The quantitative estimate of drug-likeness (QED) is 0.100. The molecule has 0 saturated carbocycles. The third-order valence-corrected chi connectivity index (χ3v) is 7.42. The molecule has 0 fully saturated rings. The summed E-state index contributed by atoms with van der Waals surface area (Å²) < 4.78 is 14.8. The zero-order valence-electron chi connectivity index (χ0n) is 20.4. The van der Waals surface area contributed by atoms with Crippen LogP contribution in [0, 0.1) is 0 Å². The zero-order valence-corrected chi connectivity index (χ0v) is 23.5. The van der Waals surface area contributed by atoms with E-state index in [9.17, 15) is 0 Å². The topological polar surface area (TPSA) is 23.4 Å². The van der Waals surface area contributed by atoms with Crippen LogP contribution in [0.25, 0.3) is 27.5 Å². The molecule has 0 atom stereocenters. The van der Waals surface area contributed by atoms with Gasteiger partial charge in [-0.3, -0.25) is 0 Å². The van der Waals surface area contributed by atoms with Crippen LogP contribution < -0.4 is 9.47 Å². The number of hydrogen-bond donors (Lipinski definition) is 0. The summed E-state index contributed by atoms with van der Waals surface area (Å²) in [6, 6.07) is 23.6. The monoisotopic (exact) mass is 599 g/mol. The first-order valence-electron chi connectivity index (χ1n) is 12.8. The second-order valence-corrected chi connectivity index (χ2v) is 10.5. The first kappa shape index (κ1) is 26.1. The lowest BCUT2D eigenvalue weighted by atomic mass is 10.2. The van der Waals surface area contributed by atoms with Crippen molar-refractivity contribution in [3.05, 3.63) is 66.7 Å². The maximum Gasteiger partial charge on any atom is 0.125 e. The van der Waals surface area contributed by atoms with E-state index in [0.29, 0.717) is 0 Å². The summed E-state index contributed by atoms with van der Waals surface area (Å²) in [6.45, 7) is 1.45. The molecule has 3 nitrogen and oxygen atoms in total. The molecule has 0 saturated heterocycles. The van der Waals surface area contributed by atoms with E-state index in [0.717, 1.165) is 53.9 Å². The Hall–Kier alpha value is -1.98. The number of para-hydroxylation sites is 2. The number of unbranched alkanes of at least 4 members (excludes halogenated alkanes) is 6. The highest BCUT2D eigenvalue weighted by molar-refractivity contribution is 9.09. The number of hydrogen-bond acceptors (Lipinski definition) is 2. The van der Waals surface area contributed by atoms with Gasteiger partial charge in [0, 0.05) is 39.6 Å². The molecule has 4 aromatic rings. The minimum atomic E-state index is 0.727. The summed E-state index contributed by atoms with van der Waals surface area (Å²) in [6.07, 6.45) is 9.42. The third kappa shape index (κ3) is 7.04. The zero-order chi connectivity index (χ0) is 24.3. The predicted molar refractivity (Wildman–Crippen MR) is 156 cm³/mol. The van der Waals surface area contributed by atoms with Crippen LogP contribution in [-0.4, -0.2) is 28.4 Å². The van der Waals surface area contributed by atoms with E-state index in [4.69, 9.17) is 9.47 Å². The largest absolute Gasteiger partial charge is 0.493 e. The van der Waals surface area contributed by atoms with Crippen LogP contribution in [0.5, 0.6) is 11.5 Å². The fraction of sp³-hybridized carbons (Fsp3) is 0.400. The number of benzene rings is 3. The molecule has 0 radical (unpaired) electrons. The number of nitrogens with zero attached hydrogens (tertiary/aromatic N) is 1. The number of fused-ring (bicyclic) bond motifs is 3. The van der Waals surface area contributed by atoms with Crippen molar-refractivity contribution in [2.75, 3.05) is 23.9 Å². The van der Waals surface area contributed by atoms with E-state index in [1.807, 2.05) is 6.07 Å². The van der Waals surface area contributed by atoms with Crippen LogP contribution in [0.15, 0.2) is 66.7 Å². The van der Waals surface area contributed by atoms with E-state index in [-0.39, 0.29) is 0 Å². The molecule has 0 N–H and O–H groups in total. The molecule has 1 heterocycles. The van der Waals surface area contributed by atoms with Crippen LogP contribution in [0.1, 0.15) is 51.4 Å². The van der Waals surface area contributed by atoms with Gasteiger partial charge in [-0.25, -0.2) is 0 Å². The summed E-state index contributed by atoms with van der Waals surface area (Å²) >= 11 is 7.03. The molecule has 0 amide bonds. The van der Waals surface area contributed by atoms with Gasteiger partial charge >= 0.3 is 0 Å². The number of aromatic nitrogens is 1. The Morgan fingerprint density at radius 1 is 0.543 bits per heavy atom. The molecule has 1 aromatic heterocycles. The van der Waals surface area contributed by atoms with Gasteiger partial charge in [-0.15, -0.1) is 0 Å². The van der Waals surface area contributed by atoms with Crippen molar-refractivity contribution in [3.8, 4) is 17.2 Å². The van der Waals surface area contributed by atoms with Crippen LogP contribution in [-0.2, 0) is 0 Å². The van der Waals surface area contributed by atoms with E-state index in [1.54, 1.807) is 0 Å². The lowest BCUT2D eigenvalue weighted by molar-refractivity contribution is 0.290. The van der Waals surface area contributed by atoms with E-state index in [1.165, 1.54) is 60.3 Å². The van der Waals surface area contributed by atoms with Gasteiger partial charge in [0.15, 0.2) is 0 Å². The Balaban J connectivity index is 1.60. The molecule has 35 heavy (non-hydrogen) atoms. The van der Waals surface area contributed by atoms with Crippen LogP contribution in [0.3, 0.4) is 0 Å². The number of halogens is 2. The van der Waals surface area contributed by atoms with Gasteiger partial charge < -0.3 is 14.0 Å². The summed E-state index contributed by atoms with van der Waals surface area (Å²) in [5.74, 6) is 1.75. The SMILES string of the molecule is BrCCCCCCOc1cc(OCCCCCCBr)cc(-n2c3ccccc3c3ccccc32)c1. The van der Waals surface area contributed by atoms with Gasteiger partial charge in [-0.2, -0.15) is 0 Å². The Labute approximate surface area is 226 Å². The molecule has 0 aliphatic rings. The highest BCUT2D eigenvalue weighted by atomic mass is 79.9. The predicted octanol–water partition coefficient (Wildman–Crippen LogP) is 9.45. The van der Waals surface area contributed by atoms with Gasteiger partial charge in [0.1, 0.15) is 11.5 Å². The molecule has 0 aliphatic heterocycles. The molecule has 5 heteroatoms. The van der Waals surface area contributed by atoms with Crippen molar-refractivity contribution in [3.63, 3.8) is 0 Å². The van der Waals surface area contributed by atoms with Gasteiger partial charge in [0.25, 0.3) is 0 Å². The van der Waals surface area contributed by atoms with Gasteiger partial charge in [-0.1, -0.05) is 93.9 Å². The second kappa shape index (κ2) is 13.9. The minimum absolute atomic E-state index is 0.727. The highest BCUT2D eigenvalue weighted by Gasteiger charge is 2.13. The van der Waals surface area contributed by atoms with Crippen LogP contribution in [0.2, 0.25) is 0 Å². The average Bonchev–Trinajstić information content (AvgIpc) is 3.23. The van der Waals surface area contributed by atoms with Crippen LogP contribution in [0.4, 0.5) is 0 Å². The van der Waals surface area contributed by atoms with Gasteiger partial charge in [0.05, 0.1) is 29.9 Å². The van der Waals surface area contributed by atoms with Crippen molar-refractivity contribution in [1.82, 2.24) is 4.57 Å². The standard InChI is InChI=1S/C30H35Br2NO2/c31-17-9-1-3-11-19-34-25-21-24(22-26(23-25)35-20-12-4-2-10-18-32)33-29-15-7-5-13-27(29)28-14-6-8-16-30(28)33/h5-8,13-16,21-23H,1-4,9-12,17-20H2. The third-order valence-electron chi connectivity index (χ3n) is 6.30. The molecule has 186 valence electrons. The average molecular weight is 601 g/mol. The molecular formula is C30H35Br2NO2. The van der Waals surface area contributed by atoms with E-state index >= 15 is 0 Å². The van der Waals surface area contributed by atoms with Gasteiger partial charge in [-0.05, 0) is 37.8 Å². The van der Waals surface area contributed by atoms with Gasteiger partial charge in [0.2, 0.25) is 0 Å². The first-order chi connectivity index (χ1) is 17.3. The van der Waals surface area contributed by atoms with Crippen molar-refractivity contribution in [2.24, 2.45) is 0 Å². The van der Waals surface area contributed by atoms with Crippen molar-refractivity contribution >= 4 is 53.7 Å². The maximum absolute atomic E-state index is 6.24. The Morgan fingerprint density at radius 3 is 1.49 bits per heavy atom. The highest BCUT2D eigenvalue weighted by Crippen LogP contribution is 2.34. The molecule has 0 aliphatic carbocycles. The summed E-state index contributed by atoms with van der Waals surface area (Å²) in [5, 5.41) is 4.67. The smallest absolute Gasteiger partial charge is 0.125 e. The number of rotatable bonds is 15. The van der Waals surface area contributed by atoms with E-state index < -0.39 is 0 Å². The normalized spacial score (nSPS) is 11.4. The number of alkyl halides is 2. The van der Waals surface area contributed by atoms with Crippen molar-refractivity contribution in [1.29, 1.82) is 0 Å². The Morgan fingerprint density at radius 2 is 1.00 bits per heavy atom. The minimum Gasteiger partial charge on any atom is -0.493 e. The lowest BCUT2D eigenvalue weighted by Crippen LogP contribution is -2.03. The summed E-state index contributed by atoms with van der Waals surface area (Å²) in [4.78, 5) is 0. The van der Waals surface area contributed by atoms with E-state index in [2.05, 4.69) is 97.1 Å². The molecule has 0 bridgehead atoms. The molecular weight excluding hydrogens is 566 g/mol. The lowest BCUT2D eigenvalue weighted by Gasteiger charge is -2.15. The van der Waals surface area contributed by atoms with Crippen molar-refractivity contribution in [2.45, 2.75) is 51.4 Å². The first-order valence-corrected chi connectivity index (χ1v) is 15.1. The Kier molecular flexibility index (Phi) is 10.4. The summed E-state index contributed by atoms with van der Waals surface area (Å²) in [5.41, 5.74) is 3.47. The summed E-state index contributed by atoms with van der Waals surface area (Å²) in [7, 11) is 0. The molecule has 3 aromatic carbocycles. The number of ether oxygens (including phenoxy) is 2.